The van der Waals surface area contributed by atoms with Gasteiger partial charge in [-0.15, -0.1) is 0 Å². The third kappa shape index (κ3) is 3.76. The Balaban J connectivity index is 1.64. The normalized spacial score (nSPS) is 17.8. The topological polar surface area (TPSA) is 55.5 Å². The summed E-state index contributed by atoms with van der Waals surface area (Å²) in [4.78, 5) is 15.6. The minimum atomic E-state index is -0.414. The van der Waals surface area contributed by atoms with Crippen LogP contribution in [0.2, 0.25) is 0 Å². The number of rotatable bonds is 3. The van der Waals surface area contributed by atoms with Gasteiger partial charge in [0.25, 0.3) is 5.69 Å². The summed E-state index contributed by atoms with van der Waals surface area (Å²) >= 11 is 6.89. The van der Waals surface area contributed by atoms with Crippen LogP contribution in [0.15, 0.2) is 58.9 Å². The van der Waals surface area contributed by atoms with Crippen molar-refractivity contribution in [2.24, 2.45) is 4.99 Å². The van der Waals surface area contributed by atoms with Gasteiger partial charge in [-0.05, 0) is 28.4 Å². The van der Waals surface area contributed by atoms with E-state index in [-0.39, 0.29) is 5.69 Å². The van der Waals surface area contributed by atoms with Gasteiger partial charge in [0, 0.05) is 23.3 Å². The second kappa shape index (κ2) is 6.78. The molecule has 0 unspecified atom stereocenters. The molecular formula is C13H8N2O2S4. The van der Waals surface area contributed by atoms with E-state index in [1.165, 1.54) is 20.6 Å². The fourth-order valence-electron chi connectivity index (χ4n) is 1.52. The summed E-state index contributed by atoms with van der Waals surface area (Å²) in [6.07, 6.45) is 1.80. The van der Waals surface area contributed by atoms with E-state index in [1.54, 1.807) is 65.4 Å². The molecule has 21 heavy (non-hydrogen) atoms. The summed E-state index contributed by atoms with van der Waals surface area (Å²) in [5.74, 6) is 0. The van der Waals surface area contributed by atoms with Gasteiger partial charge in [-0.2, -0.15) is 0 Å². The van der Waals surface area contributed by atoms with Gasteiger partial charge in [0.05, 0.1) is 19.1 Å². The molecule has 106 valence electrons. The predicted octanol–water partition coefficient (Wildman–Crippen LogP) is 5.70. The van der Waals surface area contributed by atoms with Gasteiger partial charge >= 0.3 is 0 Å². The Hall–Kier alpha value is -1.09. The molecule has 0 atom stereocenters. The van der Waals surface area contributed by atoms with E-state index in [0.717, 1.165) is 4.91 Å². The number of allylic oxidation sites excluding steroid dienone is 1. The average molecular weight is 352 g/mol. The van der Waals surface area contributed by atoms with Gasteiger partial charge in [0.2, 0.25) is 0 Å². The molecule has 2 heterocycles. The quantitative estimate of drug-likeness (QED) is 0.395. The molecule has 0 N–H and O–H groups in total. The highest BCUT2D eigenvalue weighted by molar-refractivity contribution is 8.33. The monoisotopic (exact) mass is 352 g/mol. The standard InChI is InChI=1S/C13H8N2O2S4/c16-15(17)10-3-1-9(2-4-10)14-7-11-8-20-13(21-11)12-18-5-6-19-12/h1-8H. The van der Waals surface area contributed by atoms with Crippen molar-refractivity contribution in [3.05, 3.63) is 64.0 Å². The summed E-state index contributed by atoms with van der Waals surface area (Å²) in [5, 5.41) is 16.8. The van der Waals surface area contributed by atoms with Crippen molar-refractivity contribution >= 4 is 64.6 Å². The lowest BCUT2D eigenvalue weighted by Crippen LogP contribution is -1.85. The van der Waals surface area contributed by atoms with Crippen molar-refractivity contribution in [3.63, 3.8) is 0 Å². The maximum absolute atomic E-state index is 10.6. The Morgan fingerprint density at radius 1 is 1.05 bits per heavy atom. The molecule has 3 rings (SSSR count). The number of thioether (sulfide) groups is 4. The van der Waals surface area contributed by atoms with Crippen LogP contribution in [0.4, 0.5) is 11.4 Å². The van der Waals surface area contributed by atoms with E-state index in [1.807, 2.05) is 0 Å². The van der Waals surface area contributed by atoms with Gasteiger partial charge in [-0.25, -0.2) is 0 Å². The maximum atomic E-state index is 10.6. The molecule has 0 radical (unpaired) electrons. The molecular weight excluding hydrogens is 344 g/mol. The van der Waals surface area contributed by atoms with Crippen LogP contribution >= 0.6 is 47.0 Å². The fourth-order valence-corrected chi connectivity index (χ4v) is 5.82. The highest BCUT2D eigenvalue weighted by Crippen LogP contribution is 2.52. The Morgan fingerprint density at radius 3 is 2.43 bits per heavy atom. The molecule has 2 aliphatic heterocycles. The third-order valence-corrected chi connectivity index (χ3v) is 7.44. The molecule has 0 spiro atoms. The van der Waals surface area contributed by atoms with E-state index >= 15 is 0 Å². The van der Waals surface area contributed by atoms with Crippen LogP contribution in [0.25, 0.3) is 0 Å². The first-order chi connectivity index (χ1) is 10.2. The lowest BCUT2D eigenvalue weighted by atomic mass is 10.3. The van der Waals surface area contributed by atoms with Gasteiger partial charge in [0.15, 0.2) is 0 Å². The SMILES string of the molecule is O=[N+]([O-])c1ccc(N=CC2=CSC(=C3SC=CS3)S2)cc1. The predicted molar refractivity (Wildman–Crippen MR) is 95.9 cm³/mol. The number of nitrogens with zero attached hydrogens (tertiary/aromatic N) is 2. The van der Waals surface area contributed by atoms with Gasteiger partial charge in [-0.1, -0.05) is 47.0 Å². The number of hydrogen-bond acceptors (Lipinski definition) is 7. The first-order valence-corrected chi connectivity index (χ1v) is 9.24. The molecule has 4 nitrogen and oxygen atoms in total. The minimum absolute atomic E-state index is 0.0776. The second-order valence-electron chi connectivity index (χ2n) is 3.85. The molecule has 0 aliphatic carbocycles. The Labute approximate surface area is 138 Å². The molecule has 0 fully saturated rings. The van der Waals surface area contributed by atoms with Gasteiger partial charge in [0.1, 0.15) is 0 Å². The molecule has 0 amide bonds. The van der Waals surface area contributed by atoms with Crippen molar-refractivity contribution in [3.8, 4) is 0 Å². The highest BCUT2D eigenvalue weighted by atomic mass is 32.2. The van der Waals surface area contributed by atoms with Crippen LogP contribution in [0, 0.1) is 10.1 Å². The van der Waals surface area contributed by atoms with E-state index < -0.39 is 4.92 Å². The van der Waals surface area contributed by atoms with Crippen LogP contribution in [-0.2, 0) is 0 Å². The zero-order valence-electron chi connectivity index (χ0n) is 10.5. The van der Waals surface area contributed by atoms with Crippen LogP contribution in [-0.4, -0.2) is 11.1 Å². The molecule has 0 bridgehead atoms. The molecule has 1 aromatic carbocycles. The largest absolute Gasteiger partial charge is 0.269 e. The first-order valence-electron chi connectivity index (χ1n) is 5.78. The highest BCUT2D eigenvalue weighted by Gasteiger charge is 2.17. The Kier molecular flexibility index (Phi) is 4.79. The number of aliphatic imine (C=N–C) groups is 1. The lowest BCUT2D eigenvalue weighted by molar-refractivity contribution is -0.384. The molecule has 0 saturated carbocycles. The van der Waals surface area contributed by atoms with Crippen molar-refractivity contribution in [1.82, 2.24) is 0 Å². The summed E-state index contributed by atoms with van der Waals surface area (Å²) in [6.45, 7) is 0. The number of non-ortho nitro benzene ring substituents is 1. The Bertz CT molecular complexity index is 683. The van der Waals surface area contributed by atoms with Crippen LogP contribution < -0.4 is 0 Å². The Morgan fingerprint density at radius 2 is 1.76 bits per heavy atom. The summed E-state index contributed by atoms with van der Waals surface area (Å²) in [6, 6.07) is 6.22. The molecule has 8 heteroatoms. The van der Waals surface area contributed by atoms with Crippen molar-refractivity contribution in [1.29, 1.82) is 0 Å². The minimum Gasteiger partial charge on any atom is -0.258 e. The van der Waals surface area contributed by atoms with E-state index in [4.69, 9.17) is 0 Å². The zero-order valence-corrected chi connectivity index (χ0v) is 13.7. The molecule has 0 aromatic heterocycles. The second-order valence-corrected chi connectivity index (χ2v) is 8.17. The average Bonchev–Trinajstić information content (AvgIpc) is 3.16. The van der Waals surface area contributed by atoms with Crippen molar-refractivity contribution in [2.45, 2.75) is 0 Å². The van der Waals surface area contributed by atoms with Crippen molar-refractivity contribution in [2.75, 3.05) is 0 Å². The fraction of sp³-hybridized carbons (Fsp3) is 0. The zero-order chi connectivity index (χ0) is 14.7. The third-order valence-electron chi connectivity index (χ3n) is 2.47. The number of nitro groups is 1. The van der Waals surface area contributed by atoms with E-state index in [9.17, 15) is 10.1 Å². The molecule has 2 aliphatic rings. The van der Waals surface area contributed by atoms with Crippen molar-refractivity contribution < 1.29 is 4.92 Å². The summed E-state index contributed by atoms with van der Waals surface area (Å²) in [7, 11) is 0. The molecule has 1 aromatic rings. The maximum Gasteiger partial charge on any atom is 0.269 e. The van der Waals surface area contributed by atoms with E-state index in [0.29, 0.717) is 5.69 Å². The molecule has 0 saturated heterocycles. The van der Waals surface area contributed by atoms with Crippen LogP contribution in [0.3, 0.4) is 0 Å². The van der Waals surface area contributed by atoms with Gasteiger partial charge < -0.3 is 0 Å². The van der Waals surface area contributed by atoms with Crippen LogP contribution in [0.5, 0.6) is 0 Å². The van der Waals surface area contributed by atoms with Crippen LogP contribution in [0.1, 0.15) is 0 Å². The first kappa shape index (κ1) is 14.8. The summed E-state index contributed by atoms with van der Waals surface area (Å²) < 4.78 is 2.58. The smallest absolute Gasteiger partial charge is 0.258 e. The number of nitro benzene ring substituents is 1. The number of hydrogen-bond donors (Lipinski definition) is 0. The summed E-state index contributed by atoms with van der Waals surface area (Å²) in [5.41, 5.74) is 0.785. The number of benzene rings is 1. The lowest BCUT2D eigenvalue weighted by Gasteiger charge is -1.99. The van der Waals surface area contributed by atoms with E-state index in [2.05, 4.69) is 21.2 Å². The van der Waals surface area contributed by atoms with Gasteiger partial charge in [-0.3, -0.25) is 15.1 Å².